The topological polar surface area (TPSA) is 54.5 Å². The number of morpholine rings is 1. The molecule has 1 aromatic carbocycles. The van der Waals surface area contributed by atoms with Gasteiger partial charge in [-0.2, -0.15) is 0 Å². The van der Waals surface area contributed by atoms with Gasteiger partial charge in [0.25, 0.3) is 5.91 Å². The Kier molecular flexibility index (Phi) is 5.34. The van der Waals surface area contributed by atoms with E-state index < -0.39 is 0 Å². The van der Waals surface area contributed by atoms with Gasteiger partial charge in [0, 0.05) is 18.8 Å². The quantitative estimate of drug-likeness (QED) is 0.926. The average Bonchev–Trinajstić information content (AvgIpc) is 2.61. The largest absolute Gasteiger partial charge is 0.367 e. The van der Waals surface area contributed by atoms with Crippen molar-refractivity contribution < 1.29 is 9.53 Å². The predicted molar refractivity (Wildman–Crippen MR) is 98.6 cm³/mol. The zero-order chi connectivity index (χ0) is 17.8. The molecule has 1 saturated heterocycles. The van der Waals surface area contributed by atoms with Crippen LogP contribution in [-0.2, 0) is 4.74 Å². The van der Waals surface area contributed by atoms with E-state index in [4.69, 9.17) is 4.74 Å². The molecule has 0 unspecified atom stereocenters. The summed E-state index contributed by atoms with van der Waals surface area (Å²) in [7, 11) is 0. The molecule has 0 saturated carbocycles. The Morgan fingerprint density at radius 3 is 2.68 bits per heavy atom. The highest BCUT2D eigenvalue weighted by atomic mass is 16.5. The van der Waals surface area contributed by atoms with Crippen LogP contribution in [0.25, 0.3) is 0 Å². The van der Waals surface area contributed by atoms with E-state index in [1.54, 1.807) is 12.3 Å². The highest BCUT2D eigenvalue weighted by Gasteiger charge is 2.31. The van der Waals surface area contributed by atoms with Gasteiger partial charge in [-0.05, 0) is 38.5 Å². The fraction of sp³-hybridized carbons (Fsp3) is 0.400. The number of amides is 1. The van der Waals surface area contributed by atoms with Gasteiger partial charge in [0.15, 0.2) is 0 Å². The molecule has 2 heterocycles. The van der Waals surface area contributed by atoms with Crippen molar-refractivity contribution in [3.05, 3.63) is 59.8 Å². The van der Waals surface area contributed by atoms with Crippen molar-refractivity contribution in [3.8, 4) is 0 Å². The average molecular weight is 339 g/mol. The summed E-state index contributed by atoms with van der Waals surface area (Å²) < 4.78 is 6.06. The first-order valence-electron chi connectivity index (χ1n) is 8.76. The number of rotatable bonds is 4. The van der Waals surface area contributed by atoms with Crippen LogP contribution in [0.4, 0.5) is 5.82 Å². The summed E-state index contributed by atoms with van der Waals surface area (Å²) in [5.74, 6) is 0.630. The normalized spacial score (nSPS) is 20.6. The summed E-state index contributed by atoms with van der Waals surface area (Å²) in [5, 5.41) is 3.26. The van der Waals surface area contributed by atoms with Gasteiger partial charge in [-0.1, -0.05) is 30.3 Å². The molecule has 25 heavy (non-hydrogen) atoms. The monoisotopic (exact) mass is 339 g/mol. The number of carbonyl (C=O) groups excluding carboxylic acids is 1. The van der Waals surface area contributed by atoms with Gasteiger partial charge in [-0.3, -0.25) is 4.79 Å². The van der Waals surface area contributed by atoms with Crippen LogP contribution in [-0.4, -0.2) is 41.0 Å². The lowest BCUT2D eigenvalue weighted by Gasteiger charge is -2.37. The number of hydrogen-bond donors (Lipinski definition) is 1. The second-order valence-electron chi connectivity index (χ2n) is 6.75. The molecule has 1 N–H and O–H groups in total. The number of nitrogens with zero attached hydrogens (tertiary/aromatic N) is 2. The molecule has 1 fully saturated rings. The molecule has 0 radical (unpaired) electrons. The van der Waals surface area contributed by atoms with Crippen LogP contribution in [0.5, 0.6) is 0 Å². The number of carbonyl (C=O) groups is 1. The second kappa shape index (κ2) is 7.66. The molecule has 1 aliphatic rings. The van der Waals surface area contributed by atoms with E-state index in [1.807, 2.05) is 62.1 Å². The molecular formula is C20H25N3O2. The standard InChI is InChI=1S/C20H25N3O2/c1-14(2)22-19-17(10-7-11-21-19)20(24)23-12-15(3)25-18(13-23)16-8-5-4-6-9-16/h4-11,14-15,18H,12-13H2,1-3H3,(H,21,22)/t15-,18+/m0/s1. The summed E-state index contributed by atoms with van der Waals surface area (Å²) in [6.45, 7) is 7.20. The van der Waals surface area contributed by atoms with Crippen molar-refractivity contribution in [2.75, 3.05) is 18.4 Å². The molecule has 1 aromatic heterocycles. The maximum absolute atomic E-state index is 13.1. The Morgan fingerprint density at radius 2 is 1.96 bits per heavy atom. The van der Waals surface area contributed by atoms with Crippen molar-refractivity contribution in [2.45, 2.75) is 39.0 Å². The molecule has 0 aliphatic carbocycles. The van der Waals surface area contributed by atoms with E-state index in [0.29, 0.717) is 24.5 Å². The summed E-state index contributed by atoms with van der Waals surface area (Å²) in [6.07, 6.45) is 1.59. The van der Waals surface area contributed by atoms with Crippen LogP contribution in [0.2, 0.25) is 0 Å². The molecule has 5 nitrogen and oxygen atoms in total. The molecule has 0 spiro atoms. The van der Waals surface area contributed by atoms with Crippen LogP contribution in [0, 0.1) is 0 Å². The van der Waals surface area contributed by atoms with E-state index in [-0.39, 0.29) is 24.2 Å². The van der Waals surface area contributed by atoms with Gasteiger partial charge < -0.3 is 15.0 Å². The molecule has 0 bridgehead atoms. The van der Waals surface area contributed by atoms with Gasteiger partial charge in [0.05, 0.1) is 18.2 Å². The van der Waals surface area contributed by atoms with Crippen molar-refractivity contribution in [2.24, 2.45) is 0 Å². The first-order valence-corrected chi connectivity index (χ1v) is 8.76. The molecule has 2 atom stereocenters. The Hall–Kier alpha value is -2.40. The molecule has 5 heteroatoms. The van der Waals surface area contributed by atoms with Gasteiger partial charge in [0.1, 0.15) is 11.9 Å². The number of nitrogens with one attached hydrogen (secondary N) is 1. The van der Waals surface area contributed by atoms with Gasteiger partial charge in [0.2, 0.25) is 0 Å². The lowest BCUT2D eigenvalue weighted by molar-refractivity contribution is -0.0691. The molecule has 132 valence electrons. The number of pyridine rings is 1. The van der Waals surface area contributed by atoms with E-state index in [2.05, 4.69) is 10.3 Å². The van der Waals surface area contributed by atoms with Gasteiger partial charge >= 0.3 is 0 Å². The Bertz CT molecular complexity index is 718. The van der Waals surface area contributed by atoms with E-state index in [9.17, 15) is 4.79 Å². The summed E-state index contributed by atoms with van der Waals surface area (Å²) in [6, 6.07) is 13.9. The number of aromatic nitrogens is 1. The highest BCUT2D eigenvalue weighted by Crippen LogP contribution is 2.27. The molecule has 1 aliphatic heterocycles. The zero-order valence-electron chi connectivity index (χ0n) is 15.0. The zero-order valence-corrected chi connectivity index (χ0v) is 15.0. The third kappa shape index (κ3) is 4.17. The van der Waals surface area contributed by atoms with Crippen molar-refractivity contribution in [1.29, 1.82) is 0 Å². The fourth-order valence-corrected chi connectivity index (χ4v) is 3.11. The third-order valence-corrected chi connectivity index (χ3v) is 4.18. The Balaban J connectivity index is 1.82. The first-order chi connectivity index (χ1) is 12.0. The minimum atomic E-state index is -0.105. The highest BCUT2D eigenvalue weighted by molar-refractivity contribution is 5.98. The van der Waals surface area contributed by atoms with Crippen LogP contribution >= 0.6 is 0 Å². The smallest absolute Gasteiger partial charge is 0.257 e. The number of hydrogen-bond acceptors (Lipinski definition) is 4. The molecule has 3 rings (SSSR count). The van der Waals surface area contributed by atoms with E-state index >= 15 is 0 Å². The van der Waals surface area contributed by atoms with Crippen LogP contribution < -0.4 is 5.32 Å². The number of ether oxygens (including phenoxy) is 1. The van der Waals surface area contributed by atoms with Crippen LogP contribution in [0.1, 0.15) is 42.8 Å². The van der Waals surface area contributed by atoms with Gasteiger partial charge in [-0.25, -0.2) is 4.98 Å². The lowest BCUT2D eigenvalue weighted by Crippen LogP contribution is -2.46. The summed E-state index contributed by atoms with van der Waals surface area (Å²) in [5.41, 5.74) is 1.70. The minimum Gasteiger partial charge on any atom is -0.367 e. The number of benzene rings is 1. The third-order valence-electron chi connectivity index (χ3n) is 4.18. The van der Waals surface area contributed by atoms with Crippen molar-refractivity contribution in [3.63, 3.8) is 0 Å². The fourth-order valence-electron chi connectivity index (χ4n) is 3.11. The maximum atomic E-state index is 13.1. The molecular weight excluding hydrogens is 314 g/mol. The predicted octanol–water partition coefficient (Wildman–Crippen LogP) is 3.50. The van der Waals surface area contributed by atoms with E-state index in [1.165, 1.54) is 0 Å². The Labute approximate surface area is 149 Å². The Morgan fingerprint density at radius 1 is 1.20 bits per heavy atom. The lowest BCUT2D eigenvalue weighted by atomic mass is 10.1. The number of anilines is 1. The second-order valence-corrected chi connectivity index (χ2v) is 6.75. The first kappa shape index (κ1) is 17.4. The summed E-state index contributed by atoms with van der Waals surface area (Å²) in [4.78, 5) is 19.3. The maximum Gasteiger partial charge on any atom is 0.257 e. The van der Waals surface area contributed by atoms with E-state index in [0.717, 1.165) is 5.56 Å². The molecule has 1 amide bonds. The van der Waals surface area contributed by atoms with Crippen LogP contribution in [0.3, 0.4) is 0 Å². The SMILES string of the molecule is CC(C)Nc1ncccc1C(=O)N1C[C@H](C)O[C@@H](c2ccccc2)C1. The van der Waals surface area contributed by atoms with Crippen LogP contribution in [0.15, 0.2) is 48.7 Å². The van der Waals surface area contributed by atoms with Gasteiger partial charge in [-0.15, -0.1) is 0 Å². The molecule has 2 aromatic rings. The van der Waals surface area contributed by atoms with Crippen molar-refractivity contribution >= 4 is 11.7 Å². The summed E-state index contributed by atoms with van der Waals surface area (Å²) >= 11 is 0. The van der Waals surface area contributed by atoms with Crippen molar-refractivity contribution in [1.82, 2.24) is 9.88 Å². The minimum absolute atomic E-state index is 0.00710.